The van der Waals surface area contributed by atoms with Crippen molar-refractivity contribution < 1.29 is 4.74 Å². The average molecular weight is 287 g/mol. The van der Waals surface area contributed by atoms with Gasteiger partial charge in [-0.05, 0) is 51.5 Å². The van der Waals surface area contributed by atoms with Gasteiger partial charge in [0, 0.05) is 24.7 Å². The molecule has 21 heavy (non-hydrogen) atoms. The van der Waals surface area contributed by atoms with Crippen LogP contribution in [-0.4, -0.2) is 15.9 Å². The van der Waals surface area contributed by atoms with Crippen LogP contribution in [0.5, 0.6) is 5.75 Å². The van der Waals surface area contributed by atoms with Gasteiger partial charge in [0.15, 0.2) is 0 Å². The van der Waals surface area contributed by atoms with Gasteiger partial charge in [-0.15, -0.1) is 0 Å². The fourth-order valence-electron chi connectivity index (χ4n) is 2.21. The molecule has 1 aromatic carbocycles. The lowest BCUT2D eigenvalue weighted by atomic mass is 10.0. The van der Waals surface area contributed by atoms with E-state index in [0.717, 1.165) is 23.4 Å². The second-order valence-corrected chi connectivity index (χ2v) is 5.93. The molecule has 0 bridgehead atoms. The number of aromatic nitrogens is 2. The molecular weight excluding hydrogens is 262 g/mol. The molecule has 0 saturated heterocycles. The molecule has 114 valence electrons. The van der Waals surface area contributed by atoms with Gasteiger partial charge >= 0.3 is 0 Å². The minimum absolute atomic E-state index is 0.0729. The van der Waals surface area contributed by atoms with Crippen molar-refractivity contribution in [1.29, 1.82) is 0 Å². The predicted octanol–water partition coefficient (Wildman–Crippen LogP) is 3.49. The van der Waals surface area contributed by atoms with Crippen LogP contribution in [0, 0.1) is 0 Å². The fourth-order valence-corrected chi connectivity index (χ4v) is 2.21. The van der Waals surface area contributed by atoms with Crippen molar-refractivity contribution in [2.45, 2.75) is 52.3 Å². The van der Waals surface area contributed by atoms with Gasteiger partial charge in [0.1, 0.15) is 5.75 Å². The molecule has 0 saturated carbocycles. The number of nitrogens with zero attached hydrogens (tertiary/aromatic N) is 2. The van der Waals surface area contributed by atoms with Gasteiger partial charge in [-0.2, -0.15) is 5.10 Å². The third-order valence-electron chi connectivity index (χ3n) is 3.28. The first-order valence-electron chi connectivity index (χ1n) is 7.52. The van der Waals surface area contributed by atoms with E-state index in [4.69, 9.17) is 10.5 Å². The highest BCUT2D eigenvalue weighted by Crippen LogP contribution is 2.21. The lowest BCUT2D eigenvalue weighted by Gasteiger charge is -2.14. The minimum Gasteiger partial charge on any atom is -0.491 e. The highest BCUT2D eigenvalue weighted by molar-refractivity contribution is 5.31. The Bertz CT molecular complexity index is 575. The Morgan fingerprint density at radius 3 is 2.57 bits per heavy atom. The minimum atomic E-state index is -0.0729. The Balaban J connectivity index is 2.06. The Kier molecular flexibility index (Phi) is 5.02. The first kappa shape index (κ1) is 15.6. The van der Waals surface area contributed by atoms with Crippen LogP contribution in [0.1, 0.15) is 51.0 Å². The molecule has 0 aliphatic carbocycles. The molecule has 0 fully saturated rings. The molecule has 0 aliphatic heterocycles. The number of benzene rings is 1. The van der Waals surface area contributed by atoms with Gasteiger partial charge in [-0.25, -0.2) is 0 Å². The second kappa shape index (κ2) is 6.76. The monoisotopic (exact) mass is 287 g/mol. The van der Waals surface area contributed by atoms with Gasteiger partial charge in [0.2, 0.25) is 0 Å². The first-order valence-corrected chi connectivity index (χ1v) is 7.52. The van der Waals surface area contributed by atoms with Gasteiger partial charge in [-0.3, -0.25) is 4.68 Å². The summed E-state index contributed by atoms with van der Waals surface area (Å²) in [6.07, 6.45) is 2.90. The molecule has 0 aliphatic rings. The second-order valence-electron chi connectivity index (χ2n) is 5.93. The zero-order valence-corrected chi connectivity index (χ0v) is 13.3. The van der Waals surface area contributed by atoms with E-state index in [1.165, 1.54) is 0 Å². The van der Waals surface area contributed by atoms with Crippen molar-refractivity contribution in [3.8, 4) is 5.75 Å². The maximum absolute atomic E-state index is 6.31. The summed E-state index contributed by atoms with van der Waals surface area (Å²) in [6.45, 7) is 8.27. The molecule has 1 unspecified atom stereocenters. The third kappa shape index (κ3) is 4.33. The van der Waals surface area contributed by atoms with Crippen LogP contribution < -0.4 is 10.5 Å². The molecule has 1 aromatic heterocycles. The molecule has 1 atom stereocenters. The number of hydrogen-bond donors (Lipinski definition) is 1. The van der Waals surface area contributed by atoms with Gasteiger partial charge in [0.05, 0.1) is 11.8 Å². The largest absolute Gasteiger partial charge is 0.491 e. The average Bonchev–Trinajstić information content (AvgIpc) is 2.87. The topological polar surface area (TPSA) is 53.1 Å². The molecule has 0 amide bonds. The number of hydrogen-bond acceptors (Lipinski definition) is 3. The van der Waals surface area contributed by atoms with Crippen molar-refractivity contribution in [3.05, 3.63) is 47.8 Å². The zero-order chi connectivity index (χ0) is 15.4. The smallest absolute Gasteiger partial charge is 0.120 e. The summed E-state index contributed by atoms with van der Waals surface area (Å²) in [5.41, 5.74) is 8.40. The van der Waals surface area contributed by atoms with Crippen LogP contribution in [0.15, 0.2) is 36.5 Å². The van der Waals surface area contributed by atoms with E-state index in [1.54, 1.807) is 0 Å². The molecule has 4 nitrogen and oxygen atoms in total. The lowest BCUT2D eigenvalue weighted by Crippen LogP contribution is -2.14. The van der Waals surface area contributed by atoms with Crippen molar-refractivity contribution >= 4 is 0 Å². The normalized spacial score (nSPS) is 12.9. The van der Waals surface area contributed by atoms with Crippen molar-refractivity contribution in [3.63, 3.8) is 0 Å². The van der Waals surface area contributed by atoms with E-state index in [2.05, 4.69) is 18.9 Å². The summed E-state index contributed by atoms with van der Waals surface area (Å²) in [5.74, 6) is 0.866. The Morgan fingerprint density at radius 1 is 1.19 bits per heavy atom. The van der Waals surface area contributed by atoms with E-state index < -0.39 is 0 Å². The van der Waals surface area contributed by atoms with E-state index >= 15 is 0 Å². The van der Waals surface area contributed by atoms with Crippen LogP contribution in [0.3, 0.4) is 0 Å². The summed E-state index contributed by atoms with van der Waals surface area (Å²) >= 11 is 0. The van der Waals surface area contributed by atoms with Gasteiger partial charge in [-0.1, -0.05) is 12.1 Å². The van der Waals surface area contributed by atoms with E-state index in [1.807, 2.05) is 55.1 Å². The summed E-state index contributed by atoms with van der Waals surface area (Å²) in [7, 11) is 0. The molecule has 1 heterocycles. The molecular formula is C17H25N3O. The Labute approximate surface area is 126 Å². The van der Waals surface area contributed by atoms with Crippen molar-refractivity contribution in [2.75, 3.05) is 0 Å². The van der Waals surface area contributed by atoms with Gasteiger partial charge < -0.3 is 10.5 Å². The molecule has 2 N–H and O–H groups in total. The highest BCUT2D eigenvalue weighted by atomic mass is 16.5. The summed E-state index contributed by atoms with van der Waals surface area (Å²) < 4.78 is 7.67. The quantitative estimate of drug-likeness (QED) is 0.884. The van der Waals surface area contributed by atoms with Crippen LogP contribution >= 0.6 is 0 Å². The highest BCUT2D eigenvalue weighted by Gasteiger charge is 2.11. The fraction of sp³-hybridized carbons (Fsp3) is 0.471. The molecule has 0 radical (unpaired) electrons. The van der Waals surface area contributed by atoms with Crippen LogP contribution in [-0.2, 0) is 6.42 Å². The van der Waals surface area contributed by atoms with Crippen LogP contribution in [0.2, 0.25) is 0 Å². The lowest BCUT2D eigenvalue weighted by molar-refractivity contribution is 0.242. The Morgan fingerprint density at radius 2 is 1.95 bits per heavy atom. The SMILES string of the molecule is CC(C)Oc1cccc(C(N)Cc2ccn(C(C)C)n2)c1. The number of nitrogens with two attached hydrogens (primary N) is 1. The maximum Gasteiger partial charge on any atom is 0.120 e. The molecule has 4 heteroatoms. The predicted molar refractivity (Wildman–Crippen MR) is 85.5 cm³/mol. The molecule has 2 rings (SSSR count). The maximum atomic E-state index is 6.31. The first-order chi connectivity index (χ1) is 9.95. The van der Waals surface area contributed by atoms with Crippen LogP contribution in [0.25, 0.3) is 0 Å². The Hall–Kier alpha value is -1.81. The number of rotatable bonds is 6. The molecule has 2 aromatic rings. The van der Waals surface area contributed by atoms with Crippen molar-refractivity contribution in [1.82, 2.24) is 9.78 Å². The summed E-state index contributed by atoms with van der Waals surface area (Å²) in [4.78, 5) is 0. The van der Waals surface area contributed by atoms with E-state index in [-0.39, 0.29) is 12.1 Å². The van der Waals surface area contributed by atoms with Gasteiger partial charge in [0.25, 0.3) is 0 Å². The van der Waals surface area contributed by atoms with Crippen LogP contribution in [0.4, 0.5) is 0 Å². The third-order valence-corrected chi connectivity index (χ3v) is 3.28. The van der Waals surface area contributed by atoms with Crippen molar-refractivity contribution in [2.24, 2.45) is 5.73 Å². The zero-order valence-electron chi connectivity index (χ0n) is 13.3. The summed E-state index contributed by atoms with van der Waals surface area (Å²) in [5, 5.41) is 4.55. The van der Waals surface area contributed by atoms with E-state index in [0.29, 0.717) is 6.04 Å². The standard InChI is InChI=1S/C17H25N3O/c1-12(2)20-9-8-15(19-20)11-17(18)14-6-5-7-16(10-14)21-13(3)4/h5-10,12-13,17H,11,18H2,1-4H3. The molecule has 0 spiro atoms. The summed E-state index contributed by atoms with van der Waals surface area (Å²) in [6, 6.07) is 10.3. The van der Waals surface area contributed by atoms with E-state index in [9.17, 15) is 0 Å². The number of ether oxygens (including phenoxy) is 1.